The van der Waals surface area contributed by atoms with E-state index in [-0.39, 0.29) is 6.04 Å². The van der Waals surface area contributed by atoms with Gasteiger partial charge < -0.3 is 15.2 Å². The Labute approximate surface area is 122 Å². The fraction of sp³-hybridized carbons (Fsp3) is 0.647. The number of methoxy groups -OCH3 is 1. The van der Waals surface area contributed by atoms with E-state index in [1.807, 2.05) is 12.1 Å². The van der Waals surface area contributed by atoms with Crippen LogP contribution >= 0.6 is 0 Å². The lowest BCUT2D eigenvalue weighted by Crippen LogP contribution is -2.22. The first-order valence-electron chi connectivity index (χ1n) is 7.81. The molecule has 0 saturated heterocycles. The van der Waals surface area contributed by atoms with Crippen LogP contribution in [0.5, 0.6) is 11.5 Å². The zero-order valence-corrected chi connectivity index (χ0v) is 12.7. The third kappa shape index (κ3) is 4.14. The van der Waals surface area contributed by atoms with Crippen LogP contribution in [0.4, 0.5) is 0 Å². The van der Waals surface area contributed by atoms with Gasteiger partial charge in [-0.2, -0.15) is 0 Å². The quantitative estimate of drug-likeness (QED) is 0.825. The number of nitrogens with one attached hydrogen (secondary N) is 1. The van der Waals surface area contributed by atoms with Gasteiger partial charge in [0.15, 0.2) is 0 Å². The zero-order valence-electron chi connectivity index (χ0n) is 12.7. The monoisotopic (exact) mass is 277 g/mol. The van der Waals surface area contributed by atoms with Crippen molar-refractivity contribution in [3.8, 4) is 11.5 Å². The Kier molecular flexibility index (Phi) is 5.72. The van der Waals surface area contributed by atoms with Gasteiger partial charge in [-0.15, -0.1) is 0 Å². The Morgan fingerprint density at radius 1 is 1.30 bits per heavy atom. The van der Waals surface area contributed by atoms with Crippen molar-refractivity contribution < 1.29 is 9.84 Å². The highest BCUT2D eigenvalue weighted by Crippen LogP contribution is 2.29. The van der Waals surface area contributed by atoms with Crippen molar-refractivity contribution in [3.05, 3.63) is 23.8 Å². The molecule has 3 heteroatoms. The minimum Gasteiger partial charge on any atom is -0.507 e. The Bertz CT molecular complexity index is 413. The van der Waals surface area contributed by atoms with Crippen LogP contribution in [0.3, 0.4) is 0 Å². The number of benzene rings is 1. The van der Waals surface area contributed by atoms with Gasteiger partial charge in [-0.05, 0) is 31.9 Å². The first-order chi connectivity index (χ1) is 9.70. The minimum atomic E-state index is 0.171. The van der Waals surface area contributed by atoms with E-state index in [1.54, 1.807) is 13.2 Å². The highest BCUT2D eigenvalue weighted by Gasteiger charge is 2.14. The van der Waals surface area contributed by atoms with Crippen LogP contribution in [0.2, 0.25) is 0 Å². The predicted molar refractivity (Wildman–Crippen MR) is 82.3 cm³/mol. The van der Waals surface area contributed by atoms with Gasteiger partial charge >= 0.3 is 0 Å². The summed E-state index contributed by atoms with van der Waals surface area (Å²) in [5, 5.41) is 13.5. The van der Waals surface area contributed by atoms with Crippen LogP contribution in [0.15, 0.2) is 18.2 Å². The molecule has 0 spiro atoms. The maximum atomic E-state index is 10.0. The Morgan fingerprint density at radius 2 is 2.05 bits per heavy atom. The second kappa shape index (κ2) is 7.53. The average molecular weight is 277 g/mol. The molecule has 1 fully saturated rings. The number of phenols is 1. The zero-order chi connectivity index (χ0) is 14.4. The standard InChI is InChI=1S/C17H27NO2/c1-13(16-9-8-15(20-2)12-17(16)19)18-11-10-14-6-4-3-5-7-14/h8-9,12-14,18-19H,3-7,10-11H2,1-2H3. The fourth-order valence-corrected chi connectivity index (χ4v) is 3.11. The highest BCUT2D eigenvalue weighted by molar-refractivity contribution is 5.41. The molecular formula is C17H27NO2. The van der Waals surface area contributed by atoms with Crippen molar-refractivity contribution in [1.82, 2.24) is 5.32 Å². The summed E-state index contributed by atoms with van der Waals surface area (Å²) < 4.78 is 5.11. The van der Waals surface area contributed by atoms with Gasteiger partial charge in [-0.1, -0.05) is 38.2 Å². The molecule has 2 N–H and O–H groups in total. The molecule has 0 heterocycles. The Hall–Kier alpha value is -1.22. The number of rotatable bonds is 6. The topological polar surface area (TPSA) is 41.5 Å². The maximum Gasteiger partial charge on any atom is 0.124 e. The molecule has 3 nitrogen and oxygen atoms in total. The van der Waals surface area contributed by atoms with Crippen LogP contribution < -0.4 is 10.1 Å². The smallest absolute Gasteiger partial charge is 0.124 e. The van der Waals surface area contributed by atoms with E-state index >= 15 is 0 Å². The first-order valence-corrected chi connectivity index (χ1v) is 7.81. The lowest BCUT2D eigenvalue weighted by molar-refractivity contribution is 0.328. The minimum absolute atomic E-state index is 0.171. The summed E-state index contributed by atoms with van der Waals surface area (Å²) in [5.74, 6) is 1.90. The van der Waals surface area contributed by atoms with Crippen molar-refractivity contribution in [2.24, 2.45) is 5.92 Å². The van der Waals surface area contributed by atoms with Gasteiger partial charge in [0.2, 0.25) is 0 Å². The third-order valence-electron chi connectivity index (χ3n) is 4.43. The first kappa shape index (κ1) is 15.2. The van der Waals surface area contributed by atoms with Gasteiger partial charge in [0.1, 0.15) is 11.5 Å². The van der Waals surface area contributed by atoms with Crippen LogP contribution in [0, 0.1) is 5.92 Å². The van der Waals surface area contributed by atoms with Crippen LogP contribution in [0.25, 0.3) is 0 Å². The number of hydrogen-bond acceptors (Lipinski definition) is 3. The lowest BCUT2D eigenvalue weighted by atomic mass is 9.87. The number of hydrogen-bond donors (Lipinski definition) is 2. The van der Waals surface area contributed by atoms with E-state index in [0.29, 0.717) is 11.5 Å². The van der Waals surface area contributed by atoms with Gasteiger partial charge in [-0.3, -0.25) is 0 Å². The molecule has 0 aromatic heterocycles. The largest absolute Gasteiger partial charge is 0.507 e. The molecule has 1 aliphatic rings. The van der Waals surface area contributed by atoms with Crippen molar-refractivity contribution in [1.29, 1.82) is 0 Å². The second-order valence-corrected chi connectivity index (χ2v) is 5.89. The molecule has 2 rings (SSSR count). The fourth-order valence-electron chi connectivity index (χ4n) is 3.11. The average Bonchev–Trinajstić information content (AvgIpc) is 2.48. The van der Waals surface area contributed by atoms with Gasteiger partial charge in [0, 0.05) is 17.7 Å². The summed E-state index contributed by atoms with van der Waals surface area (Å²) in [7, 11) is 1.61. The normalized spacial score (nSPS) is 17.9. The molecule has 0 amide bonds. The third-order valence-corrected chi connectivity index (χ3v) is 4.43. The summed E-state index contributed by atoms with van der Waals surface area (Å²) in [4.78, 5) is 0. The van der Waals surface area contributed by atoms with E-state index in [0.717, 1.165) is 18.0 Å². The second-order valence-electron chi connectivity index (χ2n) is 5.89. The van der Waals surface area contributed by atoms with Crippen LogP contribution in [-0.2, 0) is 0 Å². The molecule has 1 saturated carbocycles. The number of ether oxygens (including phenoxy) is 1. The Morgan fingerprint density at radius 3 is 2.70 bits per heavy atom. The maximum absolute atomic E-state index is 10.0. The molecule has 0 radical (unpaired) electrons. The Balaban J connectivity index is 1.80. The van der Waals surface area contributed by atoms with E-state index in [1.165, 1.54) is 38.5 Å². The highest BCUT2D eigenvalue weighted by atomic mass is 16.5. The molecule has 1 aromatic rings. The van der Waals surface area contributed by atoms with Crippen molar-refractivity contribution in [2.75, 3.05) is 13.7 Å². The van der Waals surface area contributed by atoms with E-state index in [2.05, 4.69) is 12.2 Å². The van der Waals surface area contributed by atoms with E-state index in [9.17, 15) is 5.11 Å². The molecule has 1 unspecified atom stereocenters. The molecule has 112 valence electrons. The summed E-state index contributed by atoms with van der Waals surface area (Å²) in [6.07, 6.45) is 8.26. The number of phenolic OH excluding ortho intramolecular Hbond substituents is 1. The molecule has 20 heavy (non-hydrogen) atoms. The predicted octanol–water partition coefficient (Wildman–Crippen LogP) is 4.02. The summed E-state index contributed by atoms with van der Waals surface area (Å²) in [6, 6.07) is 5.68. The van der Waals surface area contributed by atoms with Gasteiger partial charge in [0.25, 0.3) is 0 Å². The SMILES string of the molecule is COc1ccc(C(C)NCCC2CCCCC2)c(O)c1. The molecule has 0 aliphatic heterocycles. The molecular weight excluding hydrogens is 250 g/mol. The summed E-state index contributed by atoms with van der Waals surface area (Å²) in [5.41, 5.74) is 0.939. The molecule has 0 bridgehead atoms. The summed E-state index contributed by atoms with van der Waals surface area (Å²) in [6.45, 7) is 3.12. The van der Waals surface area contributed by atoms with Crippen molar-refractivity contribution in [3.63, 3.8) is 0 Å². The number of aromatic hydroxyl groups is 1. The molecule has 1 atom stereocenters. The van der Waals surface area contributed by atoms with Gasteiger partial charge in [0.05, 0.1) is 7.11 Å². The van der Waals surface area contributed by atoms with E-state index in [4.69, 9.17) is 4.74 Å². The van der Waals surface area contributed by atoms with Crippen LogP contribution in [0.1, 0.15) is 57.1 Å². The van der Waals surface area contributed by atoms with Crippen molar-refractivity contribution in [2.45, 2.75) is 51.5 Å². The van der Waals surface area contributed by atoms with Gasteiger partial charge in [-0.25, -0.2) is 0 Å². The van der Waals surface area contributed by atoms with E-state index < -0.39 is 0 Å². The van der Waals surface area contributed by atoms with Crippen LogP contribution in [-0.4, -0.2) is 18.8 Å². The van der Waals surface area contributed by atoms with Crippen molar-refractivity contribution >= 4 is 0 Å². The lowest BCUT2D eigenvalue weighted by Gasteiger charge is -2.23. The molecule has 1 aromatic carbocycles. The molecule has 1 aliphatic carbocycles. The summed E-state index contributed by atoms with van der Waals surface area (Å²) >= 11 is 0.